The van der Waals surface area contributed by atoms with Crippen molar-refractivity contribution in [2.75, 3.05) is 12.3 Å². The zero-order valence-corrected chi connectivity index (χ0v) is 8.87. The number of nitrogens with two attached hydrogens (primary N) is 1. The van der Waals surface area contributed by atoms with Gasteiger partial charge in [0.15, 0.2) is 0 Å². The van der Waals surface area contributed by atoms with Crippen LogP contribution in [0.15, 0.2) is 12.4 Å². The second kappa shape index (κ2) is 3.82. The lowest BCUT2D eigenvalue weighted by molar-refractivity contribution is 0.0532. The van der Waals surface area contributed by atoms with Crippen molar-refractivity contribution in [1.29, 1.82) is 0 Å². The van der Waals surface area contributed by atoms with E-state index in [-0.39, 0.29) is 5.97 Å². The third kappa shape index (κ3) is 1.75. The molecule has 0 aliphatic heterocycles. The van der Waals surface area contributed by atoms with Crippen LogP contribution in [0.5, 0.6) is 0 Å². The summed E-state index contributed by atoms with van der Waals surface area (Å²) in [6, 6.07) is 1.66. The average molecular weight is 223 g/mol. The molecule has 2 rings (SSSR count). The van der Waals surface area contributed by atoms with Gasteiger partial charge in [0.05, 0.1) is 12.0 Å². The maximum Gasteiger partial charge on any atom is 0.348 e. The van der Waals surface area contributed by atoms with Crippen LogP contribution in [0.25, 0.3) is 10.2 Å². The van der Waals surface area contributed by atoms with Crippen LogP contribution < -0.4 is 5.73 Å². The fourth-order valence-corrected chi connectivity index (χ4v) is 2.08. The third-order valence-corrected chi connectivity index (χ3v) is 2.86. The molecule has 5 nitrogen and oxygen atoms in total. The van der Waals surface area contributed by atoms with Gasteiger partial charge in [-0.1, -0.05) is 0 Å². The molecule has 0 unspecified atom stereocenters. The van der Waals surface area contributed by atoms with E-state index in [2.05, 4.69) is 9.97 Å². The Kier molecular flexibility index (Phi) is 2.51. The summed E-state index contributed by atoms with van der Waals surface area (Å²) in [7, 11) is 0. The minimum Gasteiger partial charge on any atom is -0.462 e. The van der Waals surface area contributed by atoms with E-state index in [0.29, 0.717) is 27.5 Å². The Morgan fingerprint density at radius 3 is 3.07 bits per heavy atom. The van der Waals surface area contributed by atoms with E-state index in [0.717, 1.165) is 0 Å². The smallest absolute Gasteiger partial charge is 0.348 e. The first-order valence-electron chi connectivity index (χ1n) is 4.39. The van der Waals surface area contributed by atoms with Gasteiger partial charge in [-0.25, -0.2) is 14.8 Å². The molecule has 0 bridgehead atoms. The highest BCUT2D eigenvalue weighted by atomic mass is 32.1. The Labute approximate surface area is 89.9 Å². The number of carbonyl (C=O) groups is 1. The zero-order chi connectivity index (χ0) is 10.8. The molecule has 0 atom stereocenters. The quantitative estimate of drug-likeness (QED) is 0.779. The maximum absolute atomic E-state index is 11.4. The fourth-order valence-electron chi connectivity index (χ4n) is 1.18. The summed E-state index contributed by atoms with van der Waals surface area (Å²) in [4.78, 5) is 20.5. The van der Waals surface area contributed by atoms with Crippen LogP contribution >= 0.6 is 11.3 Å². The standard InChI is InChI=1S/C9H9N3O2S/c1-2-14-9(13)6-3-5-7(10)11-4-12-8(5)15-6/h3-4H,2H2,1H3,(H2,10,11,12). The lowest BCUT2D eigenvalue weighted by Crippen LogP contribution is -2.01. The molecule has 0 saturated heterocycles. The zero-order valence-electron chi connectivity index (χ0n) is 8.06. The van der Waals surface area contributed by atoms with Crippen molar-refractivity contribution in [3.8, 4) is 0 Å². The molecular formula is C9H9N3O2S. The molecule has 78 valence electrons. The molecule has 6 heteroatoms. The highest BCUT2D eigenvalue weighted by Gasteiger charge is 2.13. The van der Waals surface area contributed by atoms with Gasteiger partial charge < -0.3 is 10.5 Å². The van der Waals surface area contributed by atoms with Crippen molar-refractivity contribution in [3.05, 3.63) is 17.3 Å². The number of nitrogens with zero attached hydrogens (tertiary/aromatic N) is 2. The predicted octanol–water partition coefficient (Wildman–Crippen LogP) is 1.45. The molecule has 2 aromatic rings. The number of aromatic nitrogens is 2. The summed E-state index contributed by atoms with van der Waals surface area (Å²) in [5.41, 5.74) is 5.65. The molecule has 0 aromatic carbocycles. The normalized spacial score (nSPS) is 10.5. The topological polar surface area (TPSA) is 78.1 Å². The van der Waals surface area contributed by atoms with Gasteiger partial charge in [0.25, 0.3) is 0 Å². The molecule has 2 aromatic heterocycles. The summed E-state index contributed by atoms with van der Waals surface area (Å²) in [6.45, 7) is 2.12. The van der Waals surface area contributed by atoms with Crippen LogP contribution in [-0.4, -0.2) is 22.5 Å². The van der Waals surface area contributed by atoms with Gasteiger partial charge in [0.1, 0.15) is 21.9 Å². The third-order valence-electron chi connectivity index (χ3n) is 1.84. The lowest BCUT2D eigenvalue weighted by Gasteiger charge is -1.95. The van der Waals surface area contributed by atoms with Gasteiger partial charge in [-0.3, -0.25) is 0 Å². The Bertz CT molecular complexity index is 509. The fraction of sp³-hybridized carbons (Fsp3) is 0.222. The van der Waals surface area contributed by atoms with E-state index in [4.69, 9.17) is 10.5 Å². The maximum atomic E-state index is 11.4. The molecule has 0 aliphatic rings. The van der Waals surface area contributed by atoms with E-state index in [9.17, 15) is 4.79 Å². The monoisotopic (exact) mass is 223 g/mol. The molecule has 0 radical (unpaired) electrons. The van der Waals surface area contributed by atoms with E-state index in [1.165, 1.54) is 17.7 Å². The van der Waals surface area contributed by atoms with Crippen molar-refractivity contribution in [2.45, 2.75) is 6.92 Å². The number of rotatable bonds is 2. The Balaban J connectivity index is 2.47. The predicted molar refractivity (Wildman–Crippen MR) is 57.8 cm³/mol. The Morgan fingerprint density at radius 1 is 1.60 bits per heavy atom. The van der Waals surface area contributed by atoms with Gasteiger partial charge >= 0.3 is 5.97 Å². The highest BCUT2D eigenvalue weighted by molar-refractivity contribution is 7.20. The molecular weight excluding hydrogens is 214 g/mol. The SMILES string of the molecule is CCOC(=O)c1cc2c(N)ncnc2s1. The first-order valence-corrected chi connectivity index (χ1v) is 5.21. The molecule has 2 N–H and O–H groups in total. The van der Waals surface area contributed by atoms with E-state index < -0.39 is 0 Å². The van der Waals surface area contributed by atoms with Crippen LogP contribution in [0.3, 0.4) is 0 Å². The summed E-state index contributed by atoms with van der Waals surface area (Å²) < 4.78 is 4.88. The summed E-state index contributed by atoms with van der Waals surface area (Å²) in [6.07, 6.45) is 1.38. The Morgan fingerprint density at radius 2 is 2.40 bits per heavy atom. The first-order chi connectivity index (χ1) is 7.22. The minimum atomic E-state index is -0.347. The molecule has 0 spiro atoms. The van der Waals surface area contributed by atoms with Crippen molar-refractivity contribution in [2.24, 2.45) is 0 Å². The van der Waals surface area contributed by atoms with Crippen molar-refractivity contribution < 1.29 is 9.53 Å². The summed E-state index contributed by atoms with van der Waals surface area (Å²) in [5.74, 6) is 0.0340. The number of carbonyl (C=O) groups excluding carboxylic acids is 1. The van der Waals surface area contributed by atoms with Gasteiger partial charge in [0, 0.05) is 0 Å². The highest BCUT2D eigenvalue weighted by Crippen LogP contribution is 2.26. The largest absolute Gasteiger partial charge is 0.462 e. The first kappa shape index (κ1) is 9.85. The van der Waals surface area contributed by atoms with Crippen LogP contribution in [0.2, 0.25) is 0 Å². The number of ether oxygens (including phenoxy) is 1. The van der Waals surface area contributed by atoms with Gasteiger partial charge in [0.2, 0.25) is 0 Å². The van der Waals surface area contributed by atoms with Crippen LogP contribution in [-0.2, 0) is 4.74 Å². The van der Waals surface area contributed by atoms with E-state index >= 15 is 0 Å². The summed E-state index contributed by atoms with van der Waals surface area (Å²) >= 11 is 1.25. The molecule has 0 aliphatic carbocycles. The van der Waals surface area contributed by atoms with Crippen molar-refractivity contribution >= 4 is 33.3 Å². The molecule has 0 saturated carbocycles. The number of hydrogen-bond acceptors (Lipinski definition) is 6. The molecule has 15 heavy (non-hydrogen) atoms. The number of thiophene rings is 1. The number of fused-ring (bicyclic) bond motifs is 1. The number of nitrogen functional groups attached to an aromatic ring is 1. The van der Waals surface area contributed by atoms with Gasteiger partial charge in [-0.2, -0.15) is 0 Å². The van der Waals surface area contributed by atoms with Crippen LogP contribution in [0, 0.1) is 0 Å². The number of hydrogen-bond donors (Lipinski definition) is 1. The molecule has 2 heterocycles. The second-order valence-electron chi connectivity index (χ2n) is 2.81. The molecule has 0 fully saturated rings. The number of anilines is 1. The van der Waals surface area contributed by atoms with E-state index in [1.54, 1.807) is 13.0 Å². The lowest BCUT2D eigenvalue weighted by atomic mass is 10.3. The van der Waals surface area contributed by atoms with Crippen LogP contribution in [0.1, 0.15) is 16.6 Å². The van der Waals surface area contributed by atoms with Crippen molar-refractivity contribution in [3.63, 3.8) is 0 Å². The minimum absolute atomic E-state index is 0.347. The van der Waals surface area contributed by atoms with E-state index in [1.807, 2.05) is 0 Å². The Hall–Kier alpha value is -1.69. The van der Waals surface area contributed by atoms with Crippen molar-refractivity contribution in [1.82, 2.24) is 9.97 Å². The van der Waals surface area contributed by atoms with Gasteiger partial charge in [-0.15, -0.1) is 11.3 Å². The van der Waals surface area contributed by atoms with Gasteiger partial charge in [-0.05, 0) is 13.0 Å². The number of esters is 1. The molecule has 0 amide bonds. The van der Waals surface area contributed by atoms with Crippen LogP contribution in [0.4, 0.5) is 5.82 Å². The summed E-state index contributed by atoms with van der Waals surface area (Å²) in [5, 5.41) is 0.700. The second-order valence-corrected chi connectivity index (χ2v) is 3.84. The average Bonchev–Trinajstić information content (AvgIpc) is 2.63.